The Morgan fingerprint density at radius 2 is 2.06 bits per heavy atom. The van der Waals surface area contributed by atoms with Gasteiger partial charge in [0.1, 0.15) is 23.1 Å². The molecule has 10 heteroatoms. The van der Waals surface area contributed by atoms with Crippen molar-refractivity contribution in [3.05, 3.63) is 77.2 Å². The van der Waals surface area contributed by atoms with Gasteiger partial charge >= 0.3 is 0 Å². The Morgan fingerprint density at radius 1 is 1.25 bits per heavy atom. The predicted octanol–water partition coefficient (Wildman–Crippen LogP) is 3.91. The van der Waals surface area contributed by atoms with Crippen LogP contribution in [-0.2, 0) is 4.79 Å². The van der Waals surface area contributed by atoms with E-state index >= 15 is 0 Å². The number of halogens is 3. The second-order valence-electron chi connectivity index (χ2n) is 7.31. The van der Waals surface area contributed by atoms with Crippen molar-refractivity contribution in [3.8, 4) is 0 Å². The van der Waals surface area contributed by atoms with Gasteiger partial charge in [-0.15, -0.1) is 0 Å². The summed E-state index contributed by atoms with van der Waals surface area (Å²) in [4.78, 5) is 17.4. The molecule has 1 fully saturated rings. The Morgan fingerprint density at radius 3 is 2.84 bits per heavy atom. The maximum Gasteiger partial charge on any atom is 0.204 e. The highest BCUT2D eigenvalue weighted by molar-refractivity contribution is 6.31. The van der Waals surface area contributed by atoms with Crippen LogP contribution in [0.2, 0.25) is 0 Å². The number of primary amides is 1. The number of carbonyl (C=O) groups is 1. The van der Waals surface area contributed by atoms with Gasteiger partial charge in [-0.05, 0) is 43.2 Å². The summed E-state index contributed by atoms with van der Waals surface area (Å²) in [5.74, 6) is -0.112. The molecule has 1 saturated heterocycles. The van der Waals surface area contributed by atoms with Crippen LogP contribution in [0.15, 0.2) is 60.0 Å². The molecule has 5 rings (SSSR count). The van der Waals surface area contributed by atoms with Crippen molar-refractivity contribution in [1.82, 2.24) is 14.6 Å². The summed E-state index contributed by atoms with van der Waals surface area (Å²) >= 11 is 6.14. The third kappa shape index (κ3) is 4.29. The molecule has 1 aromatic carbocycles. The van der Waals surface area contributed by atoms with Crippen molar-refractivity contribution in [2.75, 3.05) is 22.9 Å². The van der Waals surface area contributed by atoms with Gasteiger partial charge in [0.25, 0.3) is 0 Å². The van der Waals surface area contributed by atoms with Gasteiger partial charge in [0.05, 0.1) is 17.3 Å². The fraction of sp³-hybridized carbons (Fsp3) is 0.227. The first-order chi connectivity index (χ1) is 15.5. The first-order valence-electron chi connectivity index (χ1n) is 10.0. The Balaban J connectivity index is 0.000000775. The van der Waals surface area contributed by atoms with Gasteiger partial charge in [-0.2, -0.15) is 5.10 Å². The van der Waals surface area contributed by atoms with Gasteiger partial charge in [0, 0.05) is 31.0 Å². The average molecular weight is 459 g/mol. The van der Waals surface area contributed by atoms with E-state index < -0.39 is 11.6 Å². The number of fused-ring (bicyclic) bond motifs is 1. The normalized spacial score (nSPS) is 17.8. The number of hydrogen-bond donors (Lipinski definition) is 1. The molecule has 1 atom stereocenters. The zero-order chi connectivity index (χ0) is 22.7. The molecule has 2 aliphatic heterocycles. The largest absolute Gasteiger partial charge is 0.372 e. The number of allylic oxidation sites excluding steroid dienone is 2. The molecule has 0 radical (unpaired) electrons. The van der Waals surface area contributed by atoms with E-state index in [4.69, 9.17) is 21.4 Å². The number of rotatable bonds is 3. The van der Waals surface area contributed by atoms with Crippen molar-refractivity contribution in [1.29, 1.82) is 0 Å². The van der Waals surface area contributed by atoms with Gasteiger partial charge in [0.2, 0.25) is 6.41 Å². The molecular formula is C22H21ClF2N6O. The average Bonchev–Trinajstić information content (AvgIpc) is 3.43. The number of nitrogens with zero attached hydrogens (tertiary/aromatic N) is 5. The van der Waals surface area contributed by atoms with Crippen molar-refractivity contribution >= 4 is 35.2 Å². The Bertz CT molecular complexity index is 1190. The van der Waals surface area contributed by atoms with Crippen LogP contribution < -0.4 is 15.5 Å². The number of hydrogen-bond acceptors (Lipinski definition) is 5. The van der Waals surface area contributed by atoms with E-state index in [1.54, 1.807) is 10.7 Å². The SMILES string of the molecule is Fc1ccc(F)c([C@H]2CCCN2c2ccn3ncc(N4C=C(Cl)C=CC4)c3n2)c1.NC=O. The molecule has 2 aliphatic rings. The highest BCUT2D eigenvalue weighted by atomic mass is 35.5. The molecule has 7 nitrogen and oxygen atoms in total. The quantitative estimate of drug-likeness (QED) is 0.602. The summed E-state index contributed by atoms with van der Waals surface area (Å²) in [5, 5.41) is 5.01. The van der Waals surface area contributed by atoms with Crippen LogP contribution in [0, 0.1) is 11.6 Å². The standard InChI is InChI=1S/C21H18ClF2N5.CH3NO/c22-14-3-1-8-27(13-14)19-12-25-29-10-7-20(26-21(19)29)28-9-2-4-18(28)16-11-15(23)5-6-17(16)24;2-1-3/h1,3,5-7,10-13,18H,2,4,8-9H2;1H,(H2,2,3)/t18-;/m1./s1. The molecule has 32 heavy (non-hydrogen) atoms. The topological polar surface area (TPSA) is 79.8 Å². The lowest BCUT2D eigenvalue weighted by molar-refractivity contribution is -0.106. The molecule has 0 unspecified atom stereocenters. The lowest BCUT2D eigenvalue weighted by atomic mass is 10.0. The number of benzene rings is 1. The molecule has 166 valence electrons. The smallest absolute Gasteiger partial charge is 0.204 e. The van der Waals surface area contributed by atoms with E-state index in [9.17, 15) is 8.78 Å². The monoisotopic (exact) mass is 458 g/mol. The van der Waals surface area contributed by atoms with Crippen LogP contribution in [0.5, 0.6) is 0 Å². The second-order valence-corrected chi connectivity index (χ2v) is 7.74. The van der Waals surface area contributed by atoms with Gasteiger partial charge in [-0.1, -0.05) is 17.7 Å². The minimum absolute atomic E-state index is 0.250. The molecular weight excluding hydrogens is 438 g/mol. The molecule has 0 aliphatic carbocycles. The molecule has 0 bridgehead atoms. The minimum Gasteiger partial charge on any atom is -0.372 e. The first-order valence-corrected chi connectivity index (χ1v) is 10.4. The minimum atomic E-state index is -0.434. The third-order valence-corrected chi connectivity index (χ3v) is 5.59. The summed E-state index contributed by atoms with van der Waals surface area (Å²) in [6.07, 6.45) is 11.1. The van der Waals surface area contributed by atoms with E-state index in [1.165, 1.54) is 12.1 Å². The molecule has 3 aromatic rings. The van der Waals surface area contributed by atoms with Gasteiger partial charge < -0.3 is 15.5 Å². The fourth-order valence-corrected chi connectivity index (χ4v) is 4.24. The van der Waals surface area contributed by atoms with Crippen LogP contribution in [0.3, 0.4) is 0 Å². The summed E-state index contributed by atoms with van der Waals surface area (Å²) < 4.78 is 29.8. The lowest BCUT2D eigenvalue weighted by Gasteiger charge is -2.27. The molecule has 0 saturated carbocycles. The Hall–Kier alpha value is -3.46. The zero-order valence-electron chi connectivity index (χ0n) is 17.0. The van der Waals surface area contributed by atoms with Crippen molar-refractivity contribution < 1.29 is 13.6 Å². The molecule has 2 N–H and O–H groups in total. The van der Waals surface area contributed by atoms with E-state index in [1.807, 2.05) is 40.4 Å². The number of nitrogens with two attached hydrogens (primary N) is 1. The maximum absolute atomic E-state index is 14.4. The lowest BCUT2D eigenvalue weighted by Crippen LogP contribution is -2.25. The van der Waals surface area contributed by atoms with Crippen LogP contribution in [0.1, 0.15) is 24.4 Å². The number of aromatic nitrogens is 3. The molecule has 1 amide bonds. The highest BCUT2D eigenvalue weighted by Gasteiger charge is 2.30. The summed E-state index contributed by atoms with van der Waals surface area (Å²) in [5.41, 5.74) is 6.06. The van der Waals surface area contributed by atoms with Crippen LogP contribution in [0.4, 0.5) is 20.3 Å². The zero-order valence-corrected chi connectivity index (χ0v) is 17.8. The summed E-state index contributed by atoms with van der Waals surface area (Å²) in [6.45, 7) is 1.40. The van der Waals surface area contributed by atoms with E-state index in [-0.39, 0.29) is 12.5 Å². The molecule has 0 spiro atoms. The highest BCUT2D eigenvalue weighted by Crippen LogP contribution is 2.37. The summed E-state index contributed by atoms with van der Waals surface area (Å²) in [6, 6.07) is 5.23. The first kappa shape index (κ1) is 21.8. The van der Waals surface area contributed by atoms with E-state index in [0.29, 0.717) is 28.6 Å². The number of anilines is 2. The van der Waals surface area contributed by atoms with Crippen molar-refractivity contribution in [2.24, 2.45) is 5.73 Å². The summed E-state index contributed by atoms with van der Waals surface area (Å²) in [7, 11) is 0. The van der Waals surface area contributed by atoms with E-state index in [2.05, 4.69) is 10.8 Å². The number of amides is 1. The van der Waals surface area contributed by atoms with E-state index in [0.717, 1.165) is 31.1 Å². The van der Waals surface area contributed by atoms with Gasteiger partial charge in [0.15, 0.2) is 5.65 Å². The fourth-order valence-electron chi connectivity index (χ4n) is 4.04. The second kappa shape index (κ2) is 9.35. The third-order valence-electron chi connectivity index (χ3n) is 5.37. The van der Waals surface area contributed by atoms with Crippen LogP contribution in [-0.4, -0.2) is 34.1 Å². The Labute approximate surface area is 188 Å². The molecule has 2 aromatic heterocycles. The maximum atomic E-state index is 14.4. The van der Waals surface area contributed by atoms with Gasteiger partial charge in [-0.3, -0.25) is 4.79 Å². The number of carbonyl (C=O) groups excluding carboxylic acids is 1. The van der Waals surface area contributed by atoms with Crippen molar-refractivity contribution in [2.45, 2.75) is 18.9 Å². The molecule has 4 heterocycles. The Kier molecular flexibility index (Phi) is 6.36. The van der Waals surface area contributed by atoms with Crippen LogP contribution in [0.25, 0.3) is 5.65 Å². The van der Waals surface area contributed by atoms with Gasteiger partial charge in [-0.25, -0.2) is 18.3 Å². The van der Waals surface area contributed by atoms with Crippen molar-refractivity contribution in [3.63, 3.8) is 0 Å². The van der Waals surface area contributed by atoms with Crippen LogP contribution >= 0.6 is 11.6 Å². The predicted molar refractivity (Wildman–Crippen MR) is 119 cm³/mol.